The Labute approximate surface area is 157 Å². The van der Waals surface area contributed by atoms with Crippen molar-refractivity contribution < 1.29 is 9.59 Å². The van der Waals surface area contributed by atoms with Crippen molar-refractivity contribution in [3.05, 3.63) is 46.5 Å². The van der Waals surface area contributed by atoms with Gasteiger partial charge in [-0.2, -0.15) is 0 Å². The molecule has 2 aliphatic rings. The number of fused-ring (bicyclic) bond motifs is 1. The number of halogens is 1. The molecular weight excluding hydrogens is 352 g/mol. The van der Waals surface area contributed by atoms with E-state index in [1.807, 2.05) is 9.47 Å². The highest BCUT2D eigenvalue weighted by atomic mass is 35.5. The van der Waals surface area contributed by atoms with E-state index in [2.05, 4.69) is 10.3 Å². The second-order valence-electron chi connectivity index (χ2n) is 6.80. The quantitative estimate of drug-likeness (QED) is 0.898. The lowest BCUT2D eigenvalue weighted by Gasteiger charge is -2.18. The Morgan fingerprint density at radius 3 is 2.62 bits per heavy atom. The summed E-state index contributed by atoms with van der Waals surface area (Å²) in [7, 11) is 0. The molecule has 2 amide bonds. The van der Waals surface area contributed by atoms with Crippen LogP contribution < -0.4 is 5.32 Å². The monoisotopic (exact) mass is 372 g/mol. The summed E-state index contributed by atoms with van der Waals surface area (Å²) in [5.41, 5.74) is 1.95. The highest BCUT2D eigenvalue weighted by Gasteiger charge is 2.30. The first-order valence-corrected chi connectivity index (χ1v) is 9.47. The van der Waals surface area contributed by atoms with E-state index in [1.165, 1.54) is 0 Å². The van der Waals surface area contributed by atoms with Crippen molar-refractivity contribution in [3.63, 3.8) is 0 Å². The van der Waals surface area contributed by atoms with Gasteiger partial charge in [-0.1, -0.05) is 17.7 Å². The molecule has 1 saturated heterocycles. The third kappa shape index (κ3) is 3.21. The minimum absolute atomic E-state index is 0.0463. The van der Waals surface area contributed by atoms with Crippen LogP contribution in [-0.2, 0) is 13.0 Å². The Morgan fingerprint density at radius 1 is 1.08 bits per heavy atom. The van der Waals surface area contributed by atoms with Crippen LogP contribution in [-0.4, -0.2) is 39.4 Å². The SMILES string of the molecule is O=C(Nc1cccc(Cl)c1)c1nc(C(=O)N2CCCC2)c2n1CCCC2. The van der Waals surface area contributed by atoms with Gasteiger partial charge < -0.3 is 14.8 Å². The van der Waals surface area contributed by atoms with Gasteiger partial charge in [0.2, 0.25) is 0 Å². The number of nitrogens with zero attached hydrogens (tertiary/aromatic N) is 3. The maximum Gasteiger partial charge on any atom is 0.291 e. The molecule has 4 rings (SSSR count). The zero-order valence-electron chi connectivity index (χ0n) is 14.5. The Hall–Kier alpha value is -2.34. The molecule has 1 fully saturated rings. The largest absolute Gasteiger partial charge is 0.337 e. The zero-order valence-corrected chi connectivity index (χ0v) is 15.3. The highest BCUT2D eigenvalue weighted by Crippen LogP contribution is 2.24. The smallest absolute Gasteiger partial charge is 0.291 e. The number of rotatable bonds is 3. The molecule has 1 aromatic carbocycles. The van der Waals surface area contributed by atoms with Gasteiger partial charge >= 0.3 is 0 Å². The molecule has 6 nitrogen and oxygen atoms in total. The van der Waals surface area contributed by atoms with E-state index in [-0.39, 0.29) is 11.8 Å². The number of anilines is 1. The third-order valence-corrected chi connectivity index (χ3v) is 5.23. The van der Waals surface area contributed by atoms with Crippen LogP contribution in [0.15, 0.2) is 24.3 Å². The molecular formula is C19H21ClN4O2. The van der Waals surface area contributed by atoms with E-state index < -0.39 is 0 Å². The number of hydrogen-bond acceptors (Lipinski definition) is 3. The van der Waals surface area contributed by atoms with E-state index in [0.717, 1.165) is 50.9 Å². The van der Waals surface area contributed by atoms with Gasteiger partial charge in [-0.3, -0.25) is 9.59 Å². The van der Waals surface area contributed by atoms with Crippen molar-refractivity contribution >= 4 is 29.1 Å². The van der Waals surface area contributed by atoms with Gasteiger partial charge in [-0.25, -0.2) is 4.98 Å². The fraction of sp³-hybridized carbons (Fsp3) is 0.421. The van der Waals surface area contributed by atoms with Crippen molar-refractivity contribution in [1.82, 2.24) is 14.5 Å². The van der Waals surface area contributed by atoms with E-state index in [1.54, 1.807) is 24.3 Å². The molecule has 2 aliphatic heterocycles. The lowest BCUT2D eigenvalue weighted by molar-refractivity contribution is 0.0786. The standard InChI is InChI=1S/C19H21ClN4O2/c20-13-6-5-7-14(12-13)21-18(25)17-22-16(15-8-1-2-11-24(15)17)19(26)23-9-3-4-10-23/h5-7,12H,1-4,8-11H2,(H,21,25). The molecule has 136 valence electrons. The van der Waals surface area contributed by atoms with Crippen LogP contribution in [0.5, 0.6) is 0 Å². The summed E-state index contributed by atoms with van der Waals surface area (Å²) in [6.07, 6.45) is 4.85. The van der Waals surface area contributed by atoms with Gasteiger partial charge in [-0.05, 0) is 50.3 Å². The van der Waals surface area contributed by atoms with Gasteiger partial charge in [-0.15, -0.1) is 0 Å². The lowest BCUT2D eigenvalue weighted by Crippen LogP contribution is -2.29. The van der Waals surface area contributed by atoms with Crippen molar-refractivity contribution in [3.8, 4) is 0 Å². The number of carbonyl (C=O) groups is 2. The van der Waals surface area contributed by atoms with E-state index in [9.17, 15) is 9.59 Å². The number of carbonyl (C=O) groups excluding carboxylic acids is 2. The first-order valence-electron chi connectivity index (χ1n) is 9.09. The Kier molecular flexibility index (Phi) is 4.68. The Balaban J connectivity index is 1.65. The lowest BCUT2D eigenvalue weighted by atomic mass is 10.1. The maximum atomic E-state index is 12.9. The average molecular weight is 373 g/mol. The Bertz CT molecular complexity index is 855. The van der Waals surface area contributed by atoms with E-state index in [0.29, 0.717) is 28.8 Å². The number of benzene rings is 1. The summed E-state index contributed by atoms with van der Waals surface area (Å²) in [5, 5.41) is 3.39. The van der Waals surface area contributed by atoms with Gasteiger partial charge in [0.1, 0.15) is 5.69 Å². The van der Waals surface area contributed by atoms with Crippen molar-refractivity contribution in [2.45, 2.75) is 38.6 Å². The van der Waals surface area contributed by atoms with Gasteiger partial charge in [0.05, 0.1) is 5.69 Å². The van der Waals surface area contributed by atoms with E-state index in [4.69, 9.17) is 11.6 Å². The van der Waals surface area contributed by atoms with Crippen LogP contribution in [0, 0.1) is 0 Å². The molecule has 1 N–H and O–H groups in total. The number of likely N-dealkylation sites (tertiary alicyclic amines) is 1. The fourth-order valence-corrected chi connectivity index (χ4v) is 3.90. The molecule has 3 heterocycles. The molecule has 1 aromatic heterocycles. The van der Waals surface area contributed by atoms with Crippen LogP contribution in [0.2, 0.25) is 5.02 Å². The summed E-state index contributed by atoms with van der Waals surface area (Å²) in [4.78, 5) is 32.0. The molecule has 0 atom stereocenters. The van der Waals surface area contributed by atoms with Crippen LogP contribution in [0.3, 0.4) is 0 Å². The topological polar surface area (TPSA) is 67.2 Å². The first kappa shape index (κ1) is 17.1. The number of nitrogens with one attached hydrogen (secondary N) is 1. The minimum atomic E-state index is -0.309. The number of amides is 2. The third-order valence-electron chi connectivity index (χ3n) is 5.00. The summed E-state index contributed by atoms with van der Waals surface area (Å²) in [5.74, 6) is -0.0481. The first-order chi connectivity index (χ1) is 12.6. The predicted molar refractivity (Wildman–Crippen MR) is 99.7 cm³/mol. The molecule has 0 bridgehead atoms. The molecule has 0 spiro atoms. The van der Waals surface area contributed by atoms with Gasteiger partial charge in [0.15, 0.2) is 5.82 Å². The highest BCUT2D eigenvalue weighted by molar-refractivity contribution is 6.30. The average Bonchev–Trinajstić information content (AvgIpc) is 3.29. The number of imidazole rings is 1. The summed E-state index contributed by atoms with van der Waals surface area (Å²) in [6.45, 7) is 2.26. The fourth-order valence-electron chi connectivity index (χ4n) is 3.71. The van der Waals surface area contributed by atoms with Gasteiger partial charge in [0, 0.05) is 30.3 Å². The molecule has 7 heteroatoms. The maximum absolute atomic E-state index is 12.9. The van der Waals surface area contributed by atoms with Crippen molar-refractivity contribution in [2.24, 2.45) is 0 Å². The van der Waals surface area contributed by atoms with Crippen LogP contribution in [0.4, 0.5) is 5.69 Å². The number of hydrogen-bond donors (Lipinski definition) is 1. The van der Waals surface area contributed by atoms with E-state index >= 15 is 0 Å². The van der Waals surface area contributed by atoms with Gasteiger partial charge in [0.25, 0.3) is 11.8 Å². The van der Waals surface area contributed by atoms with Crippen LogP contribution in [0.1, 0.15) is 52.5 Å². The second kappa shape index (κ2) is 7.11. The summed E-state index contributed by atoms with van der Waals surface area (Å²) < 4.78 is 1.91. The molecule has 2 aromatic rings. The normalized spacial score (nSPS) is 16.4. The molecule has 0 unspecified atom stereocenters. The molecule has 26 heavy (non-hydrogen) atoms. The summed E-state index contributed by atoms with van der Waals surface area (Å²) in [6, 6.07) is 7.00. The predicted octanol–water partition coefficient (Wildman–Crippen LogP) is 3.36. The Morgan fingerprint density at radius 2 is 1.85 bits per heavy atom. The zero-order chi connectivity index (χ0) is 18.1. The minimum Gasteiger partial charge on any atom is -0.337 e. The molecule has 0 radical (unpaired) electrons. The van der Waals surface area contributed by atoms with Crippen LogP contribution in [0.25, 0.3) is 0 Å². The van der Waals surface area contributed by atoms with Crippen LogP contribution >= 0.6 is 11.6 Å². The van der Waals surface area contributed by atoms with Crippen molar-refractivity contribution in [2.75, 3.05) is 18.4 Å². The summed E-state index contributed by atoms with van der Waals surface area (Å²) >= 11 is 5.99. The van der Waals surface area contributed by atoms with Crippen molar-refractivity contribution in [1.29, 1.82) is 0 Å². The number of aromatic nitrogens is 2. The molecule has 0 saturated carbocycles. The second-order valence-corrected chi connectivity index (χ2v) is 7.24. The molecule has 0 aliphatic carbocycles.